The summed E-state index contributed by atoms with van der Waals surface area (Å²) < 4.78 is 0. The van der Waals surface area contributed by atoms with Crippen molar-refractivity contribution in [3.63, 3.8) is 0 Å². The minimum atomic E-state index is -0.185. The molecule has 1 aliphatic rings. The number of aromatic nitrogens is 1. The Labute approximate surface area is 210 Å². The number of hydrogen-bond donors (Lipinski definition) is 1. The molecule has 1 amide bonds. The topological polar surface area (TPSA) is 57.6 Å². The first-order valence-corrected chi connectivity index (χ1v) is 12.6. The van der Waals surface area contributed by atoms with Crippen molar-refractivity contribution in [3.8, 4) is 11.1 Å². The second-order valence-corrected chi connectivity index (χ2v) is 9.84. The lowest BCUT2D eigenvalue weighted by molar-refractivity contribution is 0.102. The van der Waals surface area contributed by atoms with Crippen LogP contribution in [0.5, 0.6) is 0 Å². The number of aliphatic imine (C=N–C) groups is 1. The van der Waals surface area contributed by atoms with Gasteiger partial charge >= 0.3 is 0 Å². The van der Waals surface area contributed by atoms with Gasteiger partial charge in [-0.25, -0.2) is 9.98 Å². The summed E-state index contributed by atoms with van der Waals surface area (Å²) in [6.45, 7) is 9.45. The fourth-order valence-electron chi connectivity index (χ4n) is 3.91. The Morgan fingerprint density at radius 1 is 1.21 bits per heavy atom. The van der Waals surface area contributed by atoms with Gasteiger partial charge in [-0.2, -0.15) is 0 Å². The number of rotatable bonds is 5. The molecule has 34 heavy (non-hydrogen) atoms. The number of benzene rings is 2. The van der Waals surface area contributed by atoms with Crippen LogP contribution in [-0.4, -0.2) is 40.2 Å². The van der Waals surface area contributed by atoms with Crippen molar-refractivity contribution in [2.75, 3.05) is 18.4 Å². The summed E-state index contributed by atoms with van der Waals surface area (Å²) in [5, 5.41) is 6.52. The molecule has 0 radical (unpaired) electrons. The molecule has 0 bridgehead atoms. The van der Waals surface area contributed by atoms with Crippen LogP contribution in [-0.2, 0) is 0 Å². The number of nitrogens with zero attached hydrogens (tertiary/aromatic N) is 3. The number of thiazole rings is 1. The normalized spacial score (nSPS) is 14.4. The second kappa shape index (κ2) is 10.8. The van der Waals surface area contributed by atoms with E-state index in [0.717, 1.165) is 53.3 Å². The maximum Gasteiger partial charge on any atom is 0.275 e. The molecule has 3 aromatic rings. The zero-order valence-electron chi connectivity index (χ0n) is 19.5. The Morgan fingerprint density at radius 2 is 1.91 bits per heavy atom. The van der Waals surface area contributed by atoms with Crippen molar-refractivity contribution in [2.24, 2.45) is 4.99 Å². The van der Waals surface area contributed by atoms with Crippen LogP contribution in [0, 0.1) is 6.92 Å². The first-order chi connectivity index (χ1) is 16.4. The number of piperidine rings is 1. The highest BCUT2D eigenvalue weighted by Gasteiger charge is 2.25. The Morgan fingerprint density at radius 3 is 2.62 bits per heavy atom. The number of carbonyl (C=O) groups is 1. The number of allylic oxidation sites excluding steroid dienone is 1. The highest BCUT2D eigenvalue weighted by Crippen LogP contribution is 2.32. The van der Waals surface area contributed by atoms with Crippen molar-refractivity contribution in [1.82, 2.24) is 9.88 Å². The highest BCUT2D eigenvalue weighted by atomic mass is 32.1. The van der Waals surface area contributed by atoms with Gasteiger partial charge in [0.05, 0.1) is 5.01 Å². The molecule has 0 unspecified atom stereocenters. The van der Waals surface area contributed by atoms with Gasteiger partial charge in [-0.05, 0) is 56.1 Å². The first kappa shape index (κ1) is 24.0. The van der Waals surface area contributed by atoms with Gasteiger partial charge in [0.1, 0.15) is 5.69 Å². The average molecular weight is 489 g/mol. The lowest BCUT2D eigenvalue weighted by Crippen LogP contribution is -2.36. The summed E-state index contributed by atoms with van der Waals surface area (Å²) in [6, 6.07) is 16.1. The van der Waals surface area contributed by atoms with Crippen molar-refractivity contribution < 1.29 is 4.79 Å². The molecule has 1 fully saturated rings. The monoisotopic (exact) mass is 488 g/mol. The van der Waals surface area contributed by atoms with Gasteiger partial charge in [0.15, 0.2) is 5.11 Å². The van der Waals surface area contributed by atoms with E-state index in [1.807, 2.05) is 36.6 Å². The standard InChI is InChI=1S/C27H28N4OS2/c1-18(2)16-28-27(33)31-14-12-21(13-15-31)26-30-24(17-34-26)25(32)29-23-7-5-4-6-22(23)20-10-8-19(3)9-11-20/h4-11,16-17,21H,1,12-15H2,2-3H3,(H,29,32)/b28-16+. The minimum Gasteiger partial charge on any atom is -0.347 e. The van der Waals surface area contributed by atoms with Crippen molar-refractivity contribution in [1.29, 1.82) is 0 Å². The molecule has 5 nitrogen and oxygen atoms in total. The van der Waals surface area contributed by atoms with Gasteiger partial charge in [0.25, 0.3) is 5.91 Å². The number of carbonyl (C=O) groups excluding carboxylic acids is 1. The van der Waals surface area contributed by atoms with E-state index >= 15 is 0 Å². The Hall–Kier alpha value is -3.16. The molecule has 7 heteroatoms. The maximum atomic E-state index is 13.0. The number of anilines is 1. The molecule has 0 atom stereocenters. The van der Waals surface area contributed by atoms with Gasteiger partial charge in [-0.1, -0.05) is 54.6 Å². The van der Waals surface area contributed by atoms with Crippen LogP contribution in [0.25, 0.3) is 11.1 Å². The van der Waals surface area contributed by atoms with Gasteiger partial charge in [-0.15, -0.1) is 11.3 Å². The molecule has 4 rings (SSSR count). The van der Waals surface area contributed by atoms with E-state index in [1.54, 1.807) is 17.6 Å². The largest absolute Gasteiger partial charge is 0.347 e. The van der Waals surface area contributed by atoms with Crippen LogP contribution in [0.15, 0.2) is 71.1 Å². The summed E-state index contributed by atoms with van der Waals surface area (Å²) in [5.41, 5.74) is 5.38. The van der Waals surface area contributed by atoms with E-state index in [-0.39, 0.29) is 5.91 Å². The van der Waals surface area contributed by atoms with E-state index in [9.17, 15) is 4.79 Å². The van der Waals surface area contributed by atoms with E-state index in [2.05, 4.69) is 58.0 Å². The Balaban J connectivity index is 1.40. The average Bonchev–Trinajstić information content (AvgIpc) is 3.34. The van der Waals surface area contributed by atoms with Crippen molar-refractivity contribution >= 4 is 46.5 Å². The summed E-state index contributed by atoms with van der Waals surface area (Å²) in [5.74, 6) is 0.144. The van der Waals surface area contributed by atoms with Crippen molar-refractivity contribution in [2.45, 2.75) is 32.6 Å². The van der Waals surface area contributed by atoms with Crippen LogP contribution >= 0.6 is 23.6 Å². The van der Waals surface area contributed by atoms with Gasteiger partial charge < -0.3 is 10.2 Å². The fraction of sp³-hybridized carbons (Fsp3) is 0.259. The molecule has 0 spiro atoms. The number of aryl methyl sites for hydroxylation is 1. The molecule has 2 heterocycles. The number of nitrogens with one attached hydrogen (secondary N) is 1. The third kappa shape index (κ3) is 5.85. The maximum absolute atomic E-state index is 13.0. The zero-order chi connectivity index (χ0) is 24.1. The SMILES string of the molecule is C=C(C)/C=N/C(=S)N1CCC(c2nc(C(=O)Nc3ccccc3-c3ccc(C)cc3)cs2)CC1. The number of hydrogen-bond acceptors (Lipinski definition) is 4. The third-order valence-corrected chi connectivity index (χ3v) is 7.17. The van der Waals surface area contributed by atoms with Crippen LogP contribution in [0.4, 0.5) is 5.69 Å². The summed E-state index contributed by atoms with van der Waals surface area (Å²) in [7, 11) is 0. The predicted molar refractivity (Wildman–Crippen MR) is 146 cm³/mol. The van der Waals surface area contributed by atoms with Gasteiger partial charge in [0, 0.05) is 41.9 Å². The first-order valence-electron chi connectivity index (χ1n) is 11.3. The van der Waals surface area contributed by atoms with Crippen LogP contribution in [0.2, 0.25) is 0 Å². The fourth-order valence-corrected chi connectivity index (χ4v) is 5.11. The number of thiocarbonyl (C=S) groups is 1. The molecule has 1 saturated heterocycles. The number of amides is 1. The Bertz CT molecular complexity index is 1220. The Kier molecular flexibility index (Phi) is 7.65. The molecule has 174 valence electrons. The summed E-state index contributed by atoms with van der Waals surface area (Å²) in [6.07, 6.45) is 3.58. The molecule has 1 aliphatic heterocycles. The second-order valence-electron chi connectivity index (χ2n) is 8.59. The summed E-state index contributed by atoms with van der Waals surface area (Å²) >= 11 is 6.98. The smallest absolute Gasteiger partial charge is 0.275 e. The van der Waals surface area contributed by atoms with Crippen LogP contribution in [0.1, 0.15) is 46.7 Å². The molecule has 2 aromatic carbocycles. The molecule has 1 N–H and O–H groups in total. The predicted octanol–water partition coefficient (Wildman–Crippen LogP) is 6.48. The molecular formula is C27H28N4OS2. The third-order valence-electron chi connectivity index (χ3n) is 5.80. The minimum absolute atomic E-state index is 0.185. The van der Waals surface area contributed by atoms with Crippen LogP contribution < -0.4 is 5.32 Å². The lowest BCUT2D eigenvalue weighted by atomic mass is 9.98. The van der Waals surface area contributed by atoms with Crippen molar-refractivity contribution in [3.05, 3.63) is 82.3 Å². The zero-order valence-corrected chi connectivity index (χ0v) is 21.1. The van der Waals surface area contributed by atoms with Crippen LogP contribution in [0.3, 0.4) is 0 Å². The molecule has 0 aliphatic carbocycles. The van der Waals surface area contributed by atoms with Gasteiger partial charge in [0.2, 0.25) is 0 Å². The quantitative estimate of drug-likeness (QED) is 0.330. The van der Waals surface area contributed by atoms with E-state index in [0.29, 0.717) is 16.7 Å². The van der Waals surface area contributed by atoms with Gasteiger partial charge in [-0.3, -0.25) is 4.79 Å². The number of para-hydroxylation sites is 1. The molecule has 0 saturated carbocycles. The highest BCUT2D eigenvalue weighted by molar-refractivity contribution is 7.80. The lowest BCUT2D eigenvalue weighted by Gasteiger charge is -2.31. The van der Waals surface area contributed by atoms with E-state index in [4.69, 9.17) is 12.2 Å². The number of likely N-dealkylation sites (tertiary alicyclic amines) is 1. The summed E-state index contributed by atoms with van der Waals surface area (Å²) in [4.78, 5) is 24.1. The van der Waals surface area contributed by atoms with E-state index in [1.165, 1.54) is 5.56 Å². The van der Waals surface area contributed by atoms with E-state index < -0.39 is 0 Å². The molecule has 1 aromatic heterocycles. The molecular weight excluding hydrogens is 460 g/mol.